The summed E-state index contributed by atoms with van der Waals surface area (Å²) in [5.41, 5.74) is 1.58. The smallest absolute Gasteiger partial charge is 0.341 e. The van der Waals surface area contributed by atoms with E-state index in [4.69, 9.17) is 14.2 Å². The highest BCUT2D eigenvalue weighted by Gasteiger charge is 2.28. The molecule has 0 atom stereocenters. The van der Waals surface area contributed by atoms with Crippen LogP contribution in [0.15, 0.2) is 53.4 Å². The number of methoxy groups -OCH3 is 3. The number of ether oxygens (including phenoxy) is 3. The predicted octanol–water partition coefficient (Wildman–Crippen LogP) is 4.33. The van der Waals surface area contributed by atoms with Crippen LogP contribution in [0, 0.1) is 6.92 Å². The van der Waals surface area contributed by atoms with Crippen LogP contribution in [0.5, 0.6) is 11.5 Å². The molecule has 0 bridgehead atoms. The first kappa shape index (κ1) is 21.7. The lowest BCUT2D eigenvalue weighted by Gasteiger charge is -2.13. The highest BCUT2D eigenvalue weighted by atomic mass is 32.2. The standard InChI is InChI=1S/C21H21NO6S2/c1-13-18(14-8-6-5-7-9-14)19(21(23)28-4)20(29-13)22-30(24,25)17-12-15(26-2)10-11-16(17)27-3/h5-12,22H,1-4H3. The Bertz CT molecular complexity index is 1170. The van der Waals surface area contributed by atoms with Gasteiger partial charge in [0, 0.05) is 16.5 Å². The minimum absolute atomic E-state index is 0.104. The van der Waals surface area contributed by atoms with Gasteiger partial charge in [0.2, 0.25) is 0 Å². The van der Waals surface area contributed by atoms with Crippen molar-refractivity contribution < 1.29 is 27.4 Å². The third-order valence-corrected chi connectivity index (χ3v) is 6.94. The molecule has 0 aliphatic rings. The minimum Gasteiger partial charge on any atom is -0.497 e. The summed E-state index contributed by atoms with van der Waals surface area (Å²) in [4.78, 5) is 13.3. The monoisotopic (exact) mass is 447 g/mol. The first-order chi connectivity index (χ1) is 14.3. The van der Waals surface area contributed by atoms with Crippen LogP contribution in [0.2, 0.25) is 0 Å². The molecule has 3 aromatic rings. The van der Waals surface area contributed by atoms with Gasteiger partial charge in [0.05, 0.1) is 21.3 Å². The third-order valence-electron chi connectivity index (χ3n) is 4.42. The van der Waals surface area contributed by atoms with Gasteiger partial charge in [-0.2, -0.15) is 0 Å². The van der Waals surface area contributed by atoms with Crippen LogP contribution in [0.4, 0.5) is 5.00 Å². The predicted molar refractivity (Wildman–Crippen MR) is 116 cm³/mol. The Hall–Kier alpha value is -3.04. The molecule has 1 aromatic heterocycles. The van der Waals surface area contributed by atoms with Crippen LogP contribution < -0.4 is 14.2 Å². The van der Waals surface area contributed by atoms with Crippen molar-refractivity contribution in [2.75, 3.05) is 26.1 Å². The fourth-order valence-electron chi connectivity index (χ4n) is 3.04. The number of benzene rings is 2. The number of hydrogen-bond donors (Lipinski definition) is 1. The highest BCUT2D eigenvalue weighted by molar-refractivity contribution is 7.93. The molecule has 1 heterocycles. The van der Waals surface area contributed by atoms with Crippen LogP contribution in [0.25, 0.3) is 11.1 Å². The summed E-state index contributed by atoms with van der Waals surface area (Å²) in [5.74, 6) is -0.121. The van der Waals surface area contributed by atoms with Crippen molar-refractivity contribution in [1.29, 1.82) is 0 Å². The molecule has 9 heteroatoms. The second-order valence-corrected chi connectivity index (χ2v) is 9.09. The van der Waals surface area contributed by atoms with Crippen molar-refractivity contribution in [2.45, 2.75) is 11.8 Å². The molecule has 0 aliphatic heterocycles. The number of aryl methyl sites for hydroxylation is 1. The highest BCUT2D eigenvalue weighted by Crippen LogP contribution is 2.41. The summed E-state index contributed by atoms with van der Waals surface area (Å²) in [7, 11) is -0.0148. The number of carbonyl (C=O) groups excluding carboxylic acids is 1. The lowest BCUT2D eigenvalue weighted by atomic mass is 10.0. The zero-order valence-electron chi connectivity index (χ0n) is 16.9. The Balaban J connectivity index is 2.15. The Morgan fingerprint density at radius 3 is 2.30 bits per heavy atom. The van der Waals surface area contributed by atoms with Crippen molar-refractivity contribution in [2.24, 2.45) is 0 Å². The Morgan fingerprint density at radius 1 is 1.00 bits per heavy atom. The molecule has 0 amide bonds. The molecule has 2 aromatic carbocycles. The molecule has 0 unspecified atom stereocenters. The lowest BCUT2D eigenvalue weighted by molar-refractivity contribution is 0.0603. The normalized spacial score (nSPS) is 11.1. The number of thiophene rings is 1. The third kappa shape index (κ3) is 4.12. The van der Waals surface area contributed by atoms with Gasteiger partial charge in [-0.05, 0) is 24.6 Å². The number of nitrogens with one attached hydrogen (secondary N) is 1. The quantitative estimate of drug-likeness (QED) is 0.542. The van der Waals surface area contributed by atoms with Gasteiger partial charge < -0.3 is 14.2 Å². The molecule has 0 aliphatic carbocycles. The van der Waals surface area contributed by atoms with Crippen molar-refractivity contribution in [3.05, 3.63) is 59.0 Å². The molecule has 158 valence electrons. The minimum atomic E-state index is -4.09. The molecule has 0 fully saturated rings. The summed E-state index contributed by atoms with van der Waals surface area (Å²) < 4.78 is 44.2. The second-order valence-electron chi connectivity index (χ2n) is 6.22. The van der Waals surface area contributed by atoms with Crippen LogP contribution >= 0.6 is 11.3 Å². The number of rotatable bonds is 7. The maximum atomic E-state index is 13.2. The number of hydrogen-bond acceptors (Lipinski definition) is 7. The molecule has 30 heavy (non-hydrogen) atoms. The molecule has 0 saturated heterocycles. The molecule has 0 radical (unpaired) electrons. The van der Waals surface area contributed by atoms with Gasteiger partial charge in [-0.25, -0.2) is 13.2 Å². The SMILES string of the molecule is COC(=O)c1c(NS(=O)(=O)c2cc(OC)ccc2OC)sc(C)c1-c1ccccc1. The topological polar surface area (TPSA) is 90.9 Å². The Morgan fingerprint density at radius 2 is 1.70 bits per heavy atom. The van der Waals surface area contributed by atoms with Gasteiger partial charge >= 0.3 is 5.97 Å². The maximum Gasteiger partial charge on any atom is 0.341 e. The molecule has 0 saturated carbocycles. The van der Waals surface area contributed by atoms with E-state index >= 15 is 0 Å². The van der Waals surface area contributed by atoms with E-state index in [2.05, 4.69) is 4.72 Å². The average molecular weight is 448 g/mol. The fourth-order valence-corrected chi connectivity index (χ4v) is 5.59. The first-order valence-electron chi connectivity index (χ1n) is 8.84. The van der Waals surface area contributed by atoms with Crippen molar-refractivity contribution in [3.63, 3.8) is 0 Å². The molecular formula is C21H21NO6S2. The van der Waals surface area contributed by atoms with Gasteiger partial charge in [-0.15, -0.1) is 11.3 Å². The van der Waals surface area contributed by atoms with Gasteiger partial charge in [0.25, 0.3) is 10.0 Å². The molecule has 7 nitrogen and oxygen atoms in total. The fraction of sp³-hybridized carbons (Fsp3) is 0.190. The molecule has 3 rings (SSSR count). The van der Waals surface area contributed by atoms with E-state index in [0.717, 1.165) is 21.8 Å². The van der Waals surface area contributed by atoms with Crippen LogP contribution in [-0.2, 0) is 14.8 Å². The van der Waals surface area contributed by atoms with Gasteiger partial charge in [-0.1, -0.05) is 30.3 Å². The zero-order chi connectivity index (χ0) is 21.9. The van der Waals surface area contributed by atoms with Gasteiger partial charge in [-0.3, -0.25) is 4.72 Å². The van der Waals surface area contributed by atoms with E-state index < -0.39 is 16.0 Å². The summed E-state index contributed by atoms with van der Waals surface area (Å²) in [6.07, 6.45) is 0. The Labute approximate surface area is 179 Å². The lowest BCUT2D eigenvalue weighted by Crippen LogP contribution is -2.16. The second kappa shape index (κ2) is 8.76. The number of sulfonamides is 1. The average Bonchev–Trinajstić information content (AvgIpc) is 3.08. The molecule has 1 N–H and O–H groups in total. The maximum absolute atomic E-state index is 13.2. The van der Waals surface area contributed by atoms with Crippen molar-refractivity contribution >= 4 is 32.3 Å². The number of carbonyl (C=O) groups is 1. The largest absolute Gasteiger partial charge is 0.497 e. The Kier molecular flexibility index (Phi) is 6.33. The van der Waals surface area contributed by atoms with Crippen molar-refractivity contribution in [1.82, 2.24) is 0 Å². The van der Waals surface area contributed by atoms with E-state index in [-0.39, 0.29) is 21.2 Å². The van der Waals surface area contributed by atoms with Gasteiger partial charge in [0.1, 0.15) is 27.0 Å². The van der Waals surface area contributed by atoms with Crippen LogP contribution in [-0.4, -0.2) is 35.7 Å². The van der Waals surface area contributed by atoms with E-state index in [9.17, 15) is 13.2 Å². The van der Waals surface area contributed by atoms with Crippen LogP contribution in [0.1, 0.15) is 15.2 Å². The van der Waals surface area contributed by atoms with Crippen LogP contribution in [0.3, 0.4) is 0 Å². The molecule has 0 spiro atoms. The number of esters is 1. The molecular weight excluding hydrogens is 426 g/mol. The summed E-state index contributed by atoms with van der Waals surface area (Å²) in [6.45, 7) is 1.82. The van der Waals surface area contributed by atoms with E-state index in [1.807, 2.05) is 37.3 Å². The summed E-state index contributed by atoms with van der Waals surface area (Å²) in [5, 5.41) is 0.170. The van der Waals surface area contributed by atoms with E-state index in [0.29, 0.717) is 11.3 Å². The number of anilines is 1. The van der Waals surface area contributed by atoms with E-state index in [1.165, 1.54) is 33.5 Å². The first-order valence-corrected chi connectivity index (χ1v) is 11.1. The zero-order valence-corrected chi connectivity index (χ0v) is 18.5. The summed E-state index contributed by atoms with van der Waals surface area (Å²) >= 11 is 1.16. The van der Waals surface area contributed by atoms with E-state index in [1.54, 1.807) is 6.07 Å². The van der Waals surface area contributed by atoms with Gasteiger partial charge in [0.15, 0.2) is 0 Å². The summed E-state index contributed by atoms with van der Waals surface area (Å²) in [6, 6.07) is 13.7. The van der Waals surface area contributed by atoms with Crippen molar-refractivity contribution in [3.8, 4) is 22.6 Å².